The molecule has 2 heterocycles. The molecule has 0 saturated heterocycles. The highest BCUT2D eigenvalue weighted by Gasteiger charge is 2.15. The van der Waals surface area contributed by atoms with Crippen LogP contribution in [0.1, 0.15) is 22.5 Å². The zero-order chi connectivity index (χ0) is 22.4. The molecule has 0 spiro atoms. The van der Waals surface area contributed by atoms with Gasteiger partial charge in [0.1, 0.15) is 23.6 Å². The Bertz CT molecular complexity index is 1040. The molecule has 1 atom stereocenters. The highest BCUT2D eigenvalue weighted by molar-refractivity contribution is 5.95. The number of aromatic nitrogens is 3. The minimum Gasteiger partial charge on any atom is -0.368 e. The number of benzene rings is 1. The maximum atomic E-state index is 14.2. The summed E-state index contributed by atoms with van der Waals surface area (Å²) in [5.41, 5.74) is 0.860. The zero-order valence-corrected chi connectivity index (χ0v) is 17.1. The Labute approximate surface area is 178 Å². The van der Waals surface area contributed by atoms with Gasteiger partial charge in [0.05, 0.1) is 11.4 Å². The first-order valence-corrected chi connectivity index (χ1v) is 9.68. The van der Waals surface area contributed by atoms with E-state index in [4.69, 9.17) is 0 Å². The van der Waals surface area contributed by atoms with Crippen LogP contribution in [0.3, 0.4) is 0 Å². The van der Waals surface area contributed by atoms with Crippen LogP contribution < -0.4 is 5.32 Å². The molecule has 162 valence electrons. The highest BCUT2D eigenvalue weighted by Crippen LogP contribution is 2.23. The summed E-state index contributed by atoms with van der Waals surface area (Å²) in [6.07, 6.45) is 0.175. The second kappa shape index (κ2) is 10.0. The monoisotopic (exact) mass is 429 g/mol. The lowest BCUT2D eigenvalue weighted by Crippen LogP contribution is -2.21. The lowest BCUT2D eigenvalue weighted by atomic mass is 10.1. The first kappa shape index (κ1) is 22.2. The molecule has 2 aromatic heterocycles. The van der Waals surface area contributed by atoms with Crippen molar-refractivity contribution in [2.45, 2.75) is 19.0 Å². The molecule has 0 aliphatic rings. The number of halogens is 3. The number of nitrogens with zero attached hydrogens (tertiary/aromatic N) is 4. The lowest BCUT2D eigenvalue weighted by molar-refractivity contribution is 0.0827. The molecule has 0 aliphatic heterocycles. The molecule has 31 heavy (non-hydrogen) atoms. The Morgan fingerprint density at radius 1 is 1.10 bits per heavy atom. The maximum absolute atomic E-state index is 14.2. The predicted octanol–water partition coefficient (Wildman–Crippen LogP) is 3.90. The second-order valence-corrected chi connectivity index (χ2v) is 7.15. The van der Waals surface area contributed by atoms with Gasteiger partial charge in [0.15, 0.2) is 0 Å². The third kappa shape index (κ3) is 5.78. The fourth-order valence-corrected chi connectivity index (χ4v) is 2.92. The van der Waals surface area contributed by atoms with Gasteiger partial charge >= 0.3 is 0 Å². The topological polar surface area (TPSA) is 71.0 Å². The van der Waals surface area contributed by atoms with Gasteiger partial charge in [-0.15, -0.1) is 10.2 Å². The number of amides is 1. The second-order valence-electron chi connectivity index (χ2n) is 7.15. The van der Waals surface area contributed by atoms with Crippen molar-refractivity contribution < 1.29 is 18.0 Å². The Balaban J connectivity index is 1.59. The third-order valence-corrected chi connectivity index (χ3v) is 4.57. The van der Waals surface area contributed by atoms with Crippen molar-refractivity contribution in [2.24, 2.45) is 0 Å². The Morgan fingerprint density at radius 2 is 1.90 bits per heavy atom. The molecular weight excluding hydrogens is 407 g/mol. The van der Waals surface area contributed by atoms with Gasteiger partial charge < -0.3 is 10.2 Å². The Kier molecular flexibility index (Phi) is 7.17. The number of nitrogens with one attached hydrogen (secondary N) is 1. The molecule has 0 radical (unpaired) electrons. The molecular formula is C22H22F3N5O. The van der Waals surface area contributed by atoms with E-state index in [1.165, 1.54) is 41.4 Å². The van der Waals surface area contributed by atoms with Gasteiger partial charge in [-0.3, -0.25) is 9.78 Å². The summed E-state index contributed by atoms with van der Waals surface area (Å²) in [4.78, 5) is 17.3. The van der Waals surface area contributed by atoms with E-state index in [2.05, 4.69) is 20.5 Å². The van der Waals surface area contributed by atoms with Crippen LogP contribution in [0.5, 0.6) is 0 Å². The SMILES string of the molecule is CN(C)C(=O)c1ccc(F)c(-c2ccc(NCC[C@H](F)Cc3ncccc3F)nn2)c1. The van der Waals surface area contributed by atoms with Crippen LogP contribution in [0.4, 0.5) is 19.0 Å². The minimum atomic E-state index is -1.27. The first-order chi connectivity index (χ1) is 14.8. The van der Waals surface area contributed by atoms with Gasteiger partial charge in [0.25, 0.3) is 5.91 Å². The van der Waals surface area contributed by atoms with Crippen LogP contribution in [0.2, 0.25) is 0 Å². The fourth-order valence-electron chi connectivity index (χ4n) is 2.92. The van der Waals surface area contributed by atoms with Gasteiger partial charge in [0.2, 0.25) is 0 Å². The lowest BCUT2D eigenvalue weighted by Gasteiger charge is -2.12. The average Bonchev–Trinajstić information content (AvgIpc) is 2.76. The Morgan fingerprint density at radius 3 is 2.58 bits per heavy atom. The van der Waals surface area contributed by atoms with Crippen LogP contribution >= 0.6 is 0 Å². The van der Waals surface area contributed by atoms with Crippen LogP contribution in [-0.2, 0) is 6.42 Å². The molecule has 6 nitrogen and oxygen atoms in total. The molecule has 0 bridgehead atoms. The van der Waals surface area contributed by atoms with Crippen molar-refractivity contribution >= 4 is 11.7 Å². The van der Waals surface area contributed by atoms with E-state index in [9.17, 15) is 18.0 Å². The normalized spacial score (nSPS) is 11.8. The molecule has 0 unspecified atom stereocenters. The quantitative estimate of drug-likeness (QED) is 0.588. The highest BCUT2D eigenvalue weighted by atomic mass is 19.1. The smallest absolute Gasteiger partial charge is 0.253 e. The number of hydrogen-bond acceptors (Lipinski definition) is 5. The van der Waals surface area contributed by atoms with E-state index >= 15 is 0 Å². The molecule has 1 amide bonds. The molecule has 1 aromatic carbocycles. The van der Waals surface area contributed by atoms with Crippen LogP contribution in [-0.4, -0.2) is 52.8 Å². The van der Waals surface area contributed by atoms with Gasteiger partial charge in [-0.1, -0.05) is 0 Å². The number of hydrogen-bond donors (Lipinski definition) is 1. The molecule has 3 aromatic rings. The summed E-state index contributed by atoms with van der Waals surface area (Å²) in [7, 11) is 3.22. The van der Waals surface area contributed by atoms with Crippen molar-refractivity contribution in [3.05, 3.63) is 71.6 Å². The summed E-state index contributed by atoms with van der Waals surface area (Å²) in [6.45, 7) is 0.255. The molecule has 0 saturated carbocycles. The molecule has 9 heteroatoms. The maximum Gasteiger partial charge on any atom is 0.253 e. The molecule has 1 N–H and O–H groups in total. The number of pyridine rings is 1. The van der Waals surface area contributed by atoms with E-state index in [1.54, 1.807) is 26.2 Å². The van der Waals surface area contributed by atoms with Crippen molar-refractivity contribution in [1.82, 2.24) is 20.1 Å². The zero-order valence-electron chi connectivity index (χ0n) is 17.1. The Hall–Kier alpha value is -3.49. The fraction of sp³-hybridized carbons (Fsp3) is 0.273. The van der Waals surface area contributed by atoms with Crippen molar-refractivity contribution in [1.29, 1.82) is 0 Å². The standard InChI is InChI=1S/C22H22F3N5O/c1-30(2)22(31)14-5-6-17(24)16(12-14)19-7-8-21(29-28-19)27-11-9-15(23)13-20-18(25)4-3-10-26-20/h3-8,10,12,15H,9,11,13H2,1-2H3,(H,27,29)/t15-/m0/s1. The predicted molar refractivity (Wildman–Crippen MR) is 111 cm³/mol. The summed E-state index contributed by atoms with van der Waals surface area (Å²) in [6, 6.07) is 9.92. The molecule has 0 aliphatic carbocycles. The third-order valence-electron chi connectivity index (χ3n) is 4.57. The van der Waals surface area contributed by atoms with Gasteiger partial charge in [0, 0.05) is 44.4 Å². The summed E-state index contributed by atoms with van der Waals surface area (Å²) >= 11 is 0. The van der Waals surface area contributed by atoms with Crippen molar-refractivity contribution in [3.8, 4) is 11.3 Å². The van der Waals surface area contributed by atoms with E-state index < -0.39 is 17.8 Å². The van der Waals surface area contributed by atoms with E-state index in [0.29, 0.717) is 11.4 Å². The minimum absolute atomic E-state index is 0.0937. The number of anilines is 1. The van der Waals surface area contributed by atoms with E-state index in [-0.39, 0.29) is 42.2 Å². The number of carbonyl (C=O) groups is 1. The number of alkyl halides is 1. The summed E-state index contributed by atoms with van der Waals surface area (Å²) < 4.78 is 41.9. The number of rotatable bonds is 8. The van der Waals surface area contributed by atoms with Crippen LogP contribution in [0.15, 0.2) is 48.7 Å². The van der Waals surface area contributed by atoms with Crippen LogP contribution in [0.25, 0.3) is 11.3 Å². The van der Waals surface area contributed by atoms with Gasteiger partial charge in [-0.2, -0.15) is 0 Å². The van der Waals surface area contributed by atoms with Gasteiger partial charge in [-0.05, 0) is 48.9 Å². The molecule has 3 rings (SSSR count). The van der Waals surface area contributed by atoms with E-state index in [0.717, 1.165) is 0 Å². The largest absolute Gasteiger partial charge is 0.368 e. The summed E-state index contributed by atoms with van der Waals surface area (Å²) in [5, 5.41) is 10.9. The molecule has 0 fully saturated rings. The van der Waals surface area contributed by atoms with Crippen molar-refractivity contribution in [3.63, 3.8) is 0 Å². The van der Waals surface area contributed by atoms with Crippen LogP contribution in [0, 0.1) is 11.6 Å². The number of carbonyl (C=O) groups excluding carboxylic acids is 1. The summed E-state index contributed by atoms with van der Waals surface area (Å²) in [5.74, 6) is -0.907. The van der Waals surface area contributed by atoms with E-state index in [1.807, 2.05) is 0 Å². The first-order valence-electron chi connectivity index (χ1n) is 9.68. The average molecular weight is 429 g/mol. The van der Waals surface area contributed by atoms with Crippen molar-refractivity contribution in [2.75, 3.05) is 26.0 Å². The van der Waals surface area contributed by atoms with Gasteiger partial charge in [-0.25, -0.2) is 13.2 Å².